The van der Waals surface area contributed by atoms with Gasteiger partial charge in [0.25, 0.3) is 5.91 Å². The number of rotatable bonds is 9. The Hall–Kier alpha value is -3.00. The molecule has 1 aliphatic rings. The highest BCUT2D eigenvalue weighted by Gasteiger charge is 2.37. The fraction of sp³-hybridized carbons (Fsp3) is 0.429. The molecule has 0 bridgehead atoms. The number of carbonyl (C=O) groups excluding carboxylic acids is 2. The first-order valence-corrected chi connectivity index (χ1v) is 9.14. The lowest BCUT2D eigenvalue weighted by atomic mass is 10.0. The Bertz CT molecular complexity index is 816. The smallest absolute Gasteiger partial charge is 0.340 e. The predicted octanol–water partition coefficient (Wildman–Crippen LogP) is 2.42. The van der Waals surface area contributed by atoms with Crippen LogP contribution in [0, 0.1) is 0 Å². The number of hydrogen-bond acceptors (Lipinski definition) is 7. The van der Waals surface area contributed by atoms with Crippen LogP contribution in [0.25, 0.3) is 6.08 Å². The van der Waals surface area contributed by atoms with E-state index < -0.39 is 5.97 Å². The molecular formula is C21H27NO7. The minimum atomic E-state index is -0.544. The van der Waals surface area contributed by atoms with Crippen LogP contribution in [0.4, 0.5) is 0 Å². The van der Waals surface area contributed by atoms with Gasteiger partial charge >= 0.3 is 5.97 Å². The first-order valence-electron chi connectivity index (χ1n) is 9.14. The second-order valence-corrected chi connectivity index (χ2v) is 6.15. The van der Waals surface area contributed by atoms with Gasteiger partial charge in [-0.1, -0.05) is 0 Å². The summed E-state index contributed by atoms with van der Waals surface area (Å²) in [6.45, 7) is 4.32. The van der Waals surface area contributed by atoms with E-state index in [1.54, 1.807) is 39.2 Å². The van der Waals surface area contributed by atoms with Gasteiger partial charge < -0.3 is 28.6 Å². The highest BCUT2D eigenvalue weighted by molar-refractivity contribution is 6.16. The van der Waals surface area contributed by atoms with Crippen LogP contribution >= 0.6 is 0 Å². The minimum Gasteiger partial charge on any atom is -0.493 e. The van der Waals surface area contributed by atoms with E-state index in [0.717, 1.165) is 0 Å². The standard InChI is InChI=1S/C21H27NO7/c1-7-29-21(24)18-13(2)22(8-9-25-3)20(23)15(18)10-14-11-16(26-4)19(28-6)17(12-14)27-5/h10-12H,7-9H2,1-6H3/b15-10+. The van der Waals surface area contributed by atoms with Gasteiger partial charge in [0.15, 0.2) is 11.5 Å². The number of hydrogen-bond donors (Lipinski definition) is 0. The molecular weight excluding hydrogens is 378 g/mol. The summed E-state index contributed by atoms with van der Waals surface area (Å²) >= 11 is 0. The predicted molar refractivity (Wildman–Crippen MR) is 107 cm³/mol. The molecule has 8 heteroatoms. The number of amides is 1. The molecule has 0 unspecified atom stereocenters. The van der Waals surface area contributed by atoms with Crippen LogP contribution in [0.5, 0.6) is 17.2 Å². The van der Waals surface area contributed by atoms with E-state index in [0.29, 0.717) is 41.7 Å². The average molecular weight is 405 g/mol. The Morgan fingerprint density at radius 1 is 1.07 bits per heavy atom. The molecule has 1 aromatic carbocycles. The summed E-state index contributed by atoms with van der Waals surface area (Å²) in [6, 6.07) is 3.41. The molecule has 1 aliphatic heterocycles. The first-order chi connectivity index (χ1) is 13.9. The van der Waals surface area contributed by atoms with Crippen molar-refractivity contribution < 1.29 is 33.3 Å². The molecule has 0 N–H and O–H groups in total. The maximum Gasteiger partial charge on any atom is 0.340 e. The Kier molecular flexibility index (Phi) is 7.67. The van der Waals surface area contributed by atoms with Crippen molar-refractivity contribution >= 4 is 18.0 Å². The molecule has 158 valence electrons. The summed E-state index contributed by atoms with van der Waals surface area (Å²) in [5, 5.41) is 0. The minimum absolute atomic E-state index is 0.208. The number of ether oxygens (including phenoxy) is 5. The van der Waals surface area contributed by atoms with Crippen molar-refractivity contribution in [2.45, 2.75) is 13.8 Å². The summed E-state index contributed by atoms with van der Waals surface area (Å²) in [7, 11) is 6.08. The van der Waals surface area contributed by atoms with E-state index in [1.807, 2.05) is 0 Å². The quantitative estimate of drug-likeness (QED) is 0.461. The lowest BCUT2D eigenvalue weighted by Gasteiger charge is -2.17. The molecule has 0 saturated carbocycles. The van der Waals surface area contributed by atoms with E-state index in [1.165, 1.54) is 26.2 Å². The van der Waals surface area contributed by atoms with E-state index in [-0.39, 0.29) is 23.7 Å². The van der Waals surface area contributed by atoms with E-state index in [4.69, 9.17) is 23.7 Å². The number of allylic oxidation sites excluding steroid dienone is 1. The van der Waals surface area contributed by atoms with E-state index in [9.17, 15) is 9.59 Å². The fourth-order valence-electron chi connectivity index (χ4n) is 3.13. The van der Waals surface area contributed by atoms with Gasteiger partial charge in [-0.25, -0.2) is 4.79 Å². The zero-order valence-electron chi connectivity index (χ0n) is 17.7. The third kappa shape index (κ3) is 4.54. The molecule has 0 fully saturated rings. The molecule has 8 nitrogen and oxygen atoms in total. The zero-order valence-corrected chi connectivity index (χ0v) is 17.7. The van der Waals surface area contributed by atoms with Gasteiger partial charge in [0.05, 0.1) is 45.7 Å². The summed E-state index contributed by atoms with van der Waals surface area (Å²) in [4.78, 5) is 27.1. The van der Waals surface area contributed by atoms with Crippen LogP contribution in [0.3, 0.4) is 0 Å². The third-order valence-electron chi connectivity index (χ3n) is 4.51. The first kappa shape index (κ1) is 22.3. The number of esters is 1. The molecule has 1 aromatic rings. The van der Waals surface area contributed by atoms with Crippen LogP contribution in [0.15, 0.2) is 29.0 Å². The molecule has 29 heavy (non-hydrogen) atoms. The molecule has 0 atom stereocenters. The third-order valence-corrected chi connectivity index (χ3v) is 4.51. The number of carbonyl (C=O) groups is 2. The second kappa shape index (κ2) is 9.97. The Morgan fingerprint density at radius 3 is 2.17 bits per heavy atom. The van der Waals surface area contributed by atoms with Gasteiger partial charge in [-0.2, -0.15) is 0 Å². The van der Waals surface area contributed by atoms with Gasteiger partial charge in [0.1, 0.15) is 0 Å². The van der Waals surface area contributed by atoms with Crippen LogP contribution < -0.4 is 14.2 Å². The van der Waals surface area contributed by atoms with Crippen molar-refractivity contribution in [3.8, 4) is 17.2 Å². The van der Waals surface area contributed by atoms with E-state index >= 15 is 0 Å². The molecule has 0 aromatic heterocycles. The molecule has 0 spiro atoms. The van der Waals surface area contributed by atoms with Crippen LogP contribution in [-0.4, -0.2) is 65.0 Å². The monoisotopic (exact) mass is 405 g/mol. The maximum atomic E-state index is 13.0. The van der Waals surface area contributed by atoms with Gasteiger partial charge in [-0.05, 0) is 37.6 Å². The van der Waals surface area contributed by atoms with Crippen LogP contribution in [0.2, 0.25) is 0 Å². The summed E-state index contributed by atoms with van der Waals surface area (Å²) in [5.41, 5.74) is 1.63. The number of nitrogens with zero attached hydrogens (tertiary/aromatic N) is 1. The molecule has 1 amide bonds. The normalized spacial score (nSPS) is 15.2. The lowest BCUT2D eigenvalue weighted by Crippen LogP contribution is -2.28. The van der Waals surface area contributed by atoms with Crippen molar-refractivity contribution in [2.24, 2.45) is 0 Å². The zero-order chi connectivity index (χ0) is 21.6. The lowest BCUT2D eigenvalue weighted by molar-refractivity contribution is -0.138. The summed E-state index contributed by atoms with van der Waals surface area (Å²) in [6.07, 6.45) is 1.62. The number of benzene rings is 1. The average Bonchev–Trinajstić information content (AvgIpc) is 2.95. The van der Waals surface area contributed by atoms with Crippen LogP contribution in [0.1, 0.15) is 19.4 Å². The van der Waals surface area contributed by atoms with Gasteiger partial charge in [-0.15, -0.1) is 0 Å². The molecule has 1 heterocycles. The van der Waals surface area contributed by atoms with Crippen molar-refractivity contribution in [3.63, 3.8) is 0 Å². The van der Waals surface area contributed by atoms with Crippen molar-refractivity contribution in [2.75, 3.05) is 48.2 Å². The highest BCUT2D eigenvalue weighted by Crippen LogP contribution is 2.40. The molecule has 0 saturated heterocycles. The Balaban J connectivity index is 2.59. The van der Waals surface area contributed by atoms with Gasteiger partial charge in [-0.3, -0.25) is 4.79 Å². The van der Waals surface area contributed by atoms with Crippen molar-refractivity contribution in [1.82, 2.24) is 4.90 Å². The fourth-order valence-corrected chi connectivity index (χ4v) is 3.13. The maximum absolute atomic E-state index is 13.0. The van der Waals surface area contributed by atoms with E-state index in [2.05, 4.69) is 0 Å². The summed E-state index contributed by atoms with van der Waals surface area (Å²) in [5.74, 6) is 0.486. The molecule has 2 rings (SSSR count). The molecule has 0 aliphatic carbocycles. The van der Waals surface area contributed by atoms with Gasteiger partial charge in [0, 0.05) is 19.4 Å². The number of methoxy groups -OCH3 is 4. The second-order valence-electron chi connectivity index (χ2n) is 6.15. The SMILES string of the molecule is CCOC(=O)C1=C(C)N(CCOC)C(=O)/C1=C/c1cc(OC)c(OC)c(OC)c1. The topological polar surface area (TPSA) is 83.5 Å². The van der Waals surface area contributed by atoms with Gasteiger partial charge in [0.2, 0.25) is 5.75 Å². The Labute approximate surface area is 170 Å². The van der Waals surface area contributed by atoms with Crippen molar-refractivity contribution in [1.29, 1.82) is 0 Å². The molecule has 0 radical (unpaired) electrons. The van der Waals surface area contributed by atoms with Crippen molar-refractivity contribution in [3.05, 3.63) is 34.5 Å². The summed E-state index contributed by atoms with van der Waals surface area (Å²) < 4.78 is 26.3. The Morgan fingerprint density at radius 2 is 1.69 bits per heavy atom. The highest BCUT2D eigenvalue weighted by atomic mass is 16.5. The largest absolute Gasteiger partial charge is 0.493 e. The van der Waals surface area contributed by atoms with Crippen LogP contribution in [-0.2, 0) is 19.1 Å².